The highest BCUT2D eigenvalue weighted by Gasteiger charge is 2.55. The molecule has 0 radical (unpaired) electrons. The van der Waals surface area contributed by atoms with Crippen molar-refractivity contribution in [3.63, 3.8) is 0 Å². The first kappa shape index (κ1) is 13.2. The summed E-state index contributed by atoms with van der Waals surface area (Å²) >= 11 is 0. The molecular formula is C19H28O. The summed E-state index contributed by atoms with van der Waals surface area (Å²) in [6.07, 6.45) is 19.0. The number of hydrogen-bond donors (Lipinski definition) is 1. The van der Waals surface area contributed by atoms with E-state index < -0.39 is 5.60 Å². The minimum absolute atomic E-state index is 0.411. The van der Waals surface area contributed by atoms with E-state index in [9.17, 15) is 5.11 Å². The molecule has 4 aliphatic rings. The first-order chi connectivity index (χ1) is 9.73. The molecule has 110 valence electrons. The van der Waals surface area contributed by atoms with Crippen molar-refractivity contribution in [3.8, 4) is 12.3 Å². The largest absolute Gasteiger partial charge is 0.377 e. The van der Waals surface area contributed by atoms with E-state index in [0.29, 0.717) is 5.92 Å². The molecule has 0 saturated heterocycles. The minimum atomic E-state index is -0.765. The first-order valence-electron chi connectivity index (χ1n) is 8.93. The third-order valence-electron chi connectivity index (χ3n) is 7.54. The van der Waals surface area contributed by atoms with Gasteiger partial charge in [-0.25, -0.2) is 0 Å². The van der Waals surface area contributed by atoms with Gasteiger partial charge in [0.1, 0.15) is 5.60 Å². The van der Waals surface area contributed by atoms with Gasteiger partial charge in [-0.05, 0) is 74.5 Å². The monoisotopic (exact) mass is 272 g/mol. The zero-order valence-corrected chi connectivity index (χ0v) is 12.6. The fraction of sp³-hybridized carbons (Fsp3) is 0.895. The van der Waals surface area contributed by atoms with Crippen LogP contribution in [0.25, 0.3) is 0 Å². The fourth-order valence-corrected chi connectivity index (χ4v) is 6.70. The Hall–Kier alpha value is -0.480. The lowest BCUT2D eigenvalue weighted by atomic mass is 9.53. The second-order valence-corrected chi connectivity index (χ2v) is 8.07. The Morgan fingerprint density at radius 1 is 0.800 bits per heavy atom. The number of fused-ring (bicyclic) bond motifs is 5. The Balaban J connectivity index is 1.57. The van der Waals surface area contributed by atoms with Gasteiger partial charge < -0.3 is 5.11 Å². The summed E-state index contributed by atoms with van der Waals surface area (Å²) < 4.78 is 0. The van der Waals surface area contributed by atoms with Gasteiger partial charge in [0.2, 0.25) is 0 Å². The van der Waals surface area contributed by atoms with Crippen LogP contribution in [0.3, 0.4) is 0 Å². The number of aliphatic hydroxyl groups is 1. The van der Waals surface area contributed by atoms with E-state index in [-0.39, 0.29) is 0 Å². The average molecular weight is 272 g/mol. The molecule has 4 aliphatic carbocycles. The molecule has 1 heteroatoms. The van der Waals surface area contributed by atoms with Crippen LogP contribution in [0.4, 0.5) is 0 Å². The van der Waals surface area contributed by atoms with Crippen LogP contribution in [-0.4, -0.2) is 10.7 Å². The van der Waals surface area contributed by atoms with E-state index >= 15 is 0 Å². The van der Waals surface area contributed by atoms with Crippen molar-refractivity contribution in [3.05, 3.63) is 0 Å². The Bertz CT molecular complexity index is 422. The summed E-state index contributed by atoms with van der Waals surface area (Å²) in [6.45, 7) is 0. The number of hydrogen-bond acceptors (Lipinski definition) is 1. The summed E-state index contributed by atoms with van der Waals surface area (Å²) in [6, 6.07) is 0. The minimum Gasteiger partial charge on any atom is -0.377 e. The molecule has 0 bridgehead atoms. The van der Waals surface area contributed by atoms with Crippen molar-refractivity contribution in [2.45, 2.75) is 69.8 Å². The average Bonchev–Trinajstić information content (AvgIpc) is 2.85. The van der Waals surface area contributed by atoms with Crippen LogP contribution in [0.5, 0.6) is 0 Å². The van der Waals surface area contributed by atoms with Crippen LogP contribution < -0.4 is 0 Å². The van der Waals surface area contributed by atoms with Gasteiger partial charge in [-0.1, -0.05) is 25.2 Å². The zero-order chi connectivity index (χ0) is 13.7. The van der Waals surface area contributed by atoms with Crippen molar-refractivity contribution in [2.75, 3.05) is 0 Å². The van der Waals surface area contributed by atoms with Crippen LogP contribution in [0, 0.1) is 47.9 Å². The van der Waals surface area contributed by atoms with Crippen molar-refractivity contribution < 1.29 is 5.11 Å². The van der Waals surface area contributed by atoms with Crippen LogP contribution >= 0.6 is 0 Å². The van der Waals surface area contributed by atoms with E-state index in [2.05, 4.69) is 5.92 Å². The summed E-state index contributed by atoms with van der Waals surface area (Å²) in [7, 11) is 0. The maximum absolute atomic E-state index is 10.7. The predicted molar refractivity (Wildman–Crippen MR) is 80.9 cm³/mol. The van der Waals surface area contributed by atoms with Gasteiger partial charge in [-0.15, -0.1) is 6.42 Å². The summed E-state index contributed by atoms with van der Waals surface area (Å²) in [5, 5.41) is 10.7. The fourth-order valence-electron chi connectivity index (χ4n) is 6.70. The van der Waals surface area contributed by atoms with Crippen molar-refractivity contribution >= 4 is 0 Å². The molecule has 0 aromatic carbocycles. The molecule has 4 rings (SSSR count). The summed E-state index contributed by atoms with van der Waals surface area (Å²) in [4.78, 5) is 0. The Labute approximate surface area is 123 Å². The van der Waals surface area contributed by atoms with Gasteiger partial charge >= 0.3 is 0 Å². The smallest absolute Gasteiger partial charge is 0.128 e. The zero-order valence-electron chi connectivity index (χ0n) is 12.6. The SMILES string of the molecule is C#C[C@]1(O)CC[C@H]2[C@@H]3CCC4CCCC[C@@H]4[C@H]3CC[C@@H]21. The molecule has 0 aromatic rings. The van der Waals surface area contributed by atoms with Gasteiger partial charge in [0.25, 0.3) is 0 Å². The van der Waals surface area contributed by atoms with Crippen LogP contribution in [-0.2, 0) is 0 Å². The molecule has 4 saturated carbocycles. The van der Waals surface area contributed by atoms with Gasteiger partial charge in [0, 0.05) is 5.92 Å². The molecule has 0 heterocycles. The van der Waals surface area contributed by atoms with Gasteiger partial charge in [0.15, 0.2) is 0 Å². The second-order valence-electron chi connectivity index (χ2n) is 8.07. The van der Waals surface area contributed by atoms with E-state index in [0.717, 1.165) is 36.0 Å². The van der Waals surface area contributed by atoms with Crippen molar-refractivity contribution in [1.82, 2.24) is 0 Å². The topological polar surface area (TPSA) is 20.2 Å². The quantitative estimate of drug-likeness (QED) is 0.661. The number of rotatable bonds is 0. The first-order valence-corrected chi connectivity index (χ1v) is 8.93. The van der Waals surface area contributed by atoms with E-state index in [1.165, 1.54) is 57.8 Å². The van der Waals surface area contributed by atoms with Crippen LogP contribution in [0.15, 0.2) is 0 Å². The Morgan fingerprint density at radius 3 is 2.40 bits per heavy atom. The Morgan fingerprint density at radius 2 is 1.55 bits per heavy atom. The lowest BCUT2D eigenvalue weighted by Gasteiger charge is -2.52. The lowest BCUT2D eigenvalue weighted by molar-refractivity contribution is -0.0515. The standard InChI is InChI=1S/C19H28O/c1-2-19(20)12-11-17-16-8-7-13-5-3-4-6-14(13)15(16)9-10-18(17)19/h1,13-18,20H,3-12H2/t13?,14-,15+,16+,17-,18-,19-/m0/s1. The van der Waals surface area contributed by atoms with E-state index in [1.54, 1.807) is 0 Å². The summed E-state index contributed by atoms with van der Waals surface area (Å²) in [5.74, 6) is 7.80. The normalized spacial score (nSPS) is 54.4. The third-order valence-corrected chi connectivity index (χ3v) is 7.54. The van der Waals surface area contributed by atoms with Gasteiger partial charge in [-0.3, -0.25) is 0 Å². The molecule has 20 heavy (non-hydrogen) atoms. The summed E-state index contributed by atoms with van der Waals surface area (Å²) in [5.41, 5.74) is -0.765. The predicted octanol–water partition coefficient (Wildman–Crippen LogP) is 4.00. The van der Waals surface area contributed by atoms with Gasteiger partial charge in [-0.2, -0.15) is 0 Å². The van der Waals surface area contributed by atoms with Crippen LogP contribution in [0.1, 0.15) is 64.2 Å². The maximum Gasteiger partial charge on any atom is 0.128 e. The molecule has 1 unspecified atom stereocenters. The third kappa shape index (κ3) is 1.80. The Kier molecular flexibility index (Phi) is 3.15. The molecule has 0 amide bonds. The highest BCUT2D eigenvalue weighted by molar-refractivity contribution is 5.17. The number of terminal acetylenes is 1. The molecule has 1 N–H and O–H groups in total. The molecule has 4 fully saturated rings. The van der Waals surface area contributed by atoms with Crippen molar-refractivity contribution in [2.24, 2.45) is 35.5 Å². The van der Waals surface area contributed by atoms with Gasteiger partial charge in [0.05, 0.1) is 0 Å². The second kappa shape index (κ2) is 4.77. The van der Waals surface area contributed by atoms with Crippen LogP contribution in [0.2, 0.25) is 0 Å². The molecule has 1 nitrogen and oxygen atoms in total. The molecular weight excluding hydrogens is 244 g/mol. The molecule has 0 aromatic heterocycles. The molecule has 0 spiro atoms. The maximum atomic E-state index is 10.7. The van der Waals surface area contributed by atoms with Crippen molar-refractivity contribution in [1.29, 1.82) is 0 Å². The van der Waals surface area contributed by atoms with E-state index in [1.807, 2.05) is 0 Å². The highest BCUT2D eigenvalue weighted by atomic mass is 16.3. The molecule has 0 aliphatic heterocycles. The highest BCUT2D eigenvalue weighted by Crippen LogP contribution is 2.59. The lowest BCUT2D eigenvalue weighted by Crippen LogP contribution is -2.47. The van der Waals surface area contributed by atoms with E-state index in [4.69, 9.17) is 6.42 Å². The molecule has 7 atom stereocenters.